The zero-order valence-electron chi connectivity index (χ0n) is 21.3. The number of nitro benzene ring substituents is 1. The van der Waals surface area contributed by atoms with Crippen LogP contribution in [0.5, 0.6) is 5.75 Å². The van der Waals surface area contributed by atoms with Crippen LogP contribution in [0.15, 0.2) is 82.8 Å². The molecule has 1 heterocycles. The summed E-state index contributed by atoms with van der Waals surface area (Å²) in [4.78, 5) is 27.7. The van der Waals surface area contributed by atoms with E-state index in [-0.39, 0.29) is 62.2 Å². The molecule has 0 atom stereocenters. The van der Waals surface area contributed by atoms with E-state index in [9.17, 15) is 28.5 Å². The molecular formula is C27H25ClN4O7S. The molecule has 0 saturated heterocycles. The van der Waals surface area contributed by atoms with Crippen molar-refractivity contribution in [3.05, 3.63) is 105 Å². The minimum absolute atomic E-state index is 0. The molecule has 0 fully saturated rings. The first-order valence-electron chi connectivity index (χ1n) is 11.5. The Balaban J connectivity index is 0.00000441. The summed E-state index contributed by atoms with van der Waals surface area (Å²) in [6, 6.07) is 14.9. The number of aromatic nitrogens is 1. The van der Waals surface area contributed by atoms with Crippen molar-refractivity contribution in [1.29, 1.82) is 0 Å². The lowest BCUT2D eigenvalue weighted by Crippen LogP contribution is -2.22. The van der Waals surface area contributed by atoms with Crippen molar-refractivity contribution >= 4 is 39.5 Å². The lowest BCUT2D eigenvalue weighted by Gasteiger charge is -2.16. The number of rotatable bonds is 8. The molecule has 0 bridgehead atoms. The molecular weight excluding hydrogens is 560 g/mol. The van der Waals surface area contributed by atoms with Crippen molar-refractivity contribution < 1.29 is 28.1 Å². The highest BCUT2D eigenvalue weighted by Gasteiger charge is 2.29. The SMILES string of the molecule is COc1ccc(S(=O)(=O)c2c(C)cc(-c3ccc(Cc4cccnc4)c([N+](=O)[O-])c3N)cc2C(=O)NO)cc1.Cl. The second-order valence-electron chi connectivity index (χ2n) is 8.62. The Morgan fingerprint density at radius 2 is 1.85 bits per heavy atom. The van der Waals surface area contributed by atoms with Crippen LogP contribution in [-0.4, -0.2) is 36.5 Å². The van der Waals surface area contributed by atoms with Gasteiger partial charge in [-0.05, 0) is 66.1 Å². The van der Waals surface area contributed by atoms with Crippen molar-refractivity contribution in [3.8, 4) is 16.9 Å². The number of methoxy groups -OCH3 is 1. The third-order valence-corrected chi connectivity index (χ3v) is 8.14. The lowest BCUT2D eigenvalue weighted by molar-refractivity contribution is -0.384. The van der Waals surface area contributed by atoms with E-state index in [0.29, 0.717) is 11.3 Å². The summed E-state index contributed by atoms with van der Waals surface area (Å²) in [6.45, 7) is 1.48. The van der Waals surface area contributed by atoms with Gasteiger partial charge in [0.25, 0.3) is 11.6 Å². The number of nitro groups is 1. The van der Waals surface area contributed by atoms with Crippen LogP contribution >= 0.6 is 12.4 Å². The van der Waals surface area contributed by atoms with E-state index < -0.39 is 20.7 Å². The van der Waals surface area contributed by atoms with Crippen LogP contribution in [0.4, 0.5) is 11.4 Å². The van der Waals surface area contributed by atoms with Gasteiger partial charge in [0.05, 0.1) is 27.4 Å². The molecule has 0 radical (unpaired) electrons. The van der Waals surface area contributed by atoms with Gasteiger partial charge < -0.3 is 10.5 Å². The van der Waals surface area contributed by atoms with Gasteiger partial charge in [-0.15, -0.1) is 12.4 Å². The molecule has 0 unspecified atom stereocenters. The number of halogens is 1. The van der Waals surface area contributed by atoms with Gasteiger partial charge in [-0.3, -0.25) is 25.1 Å². The number of carbonyl (C=O) groups is 1. The van der Waals surface area contributed by atoms with Crippen molar-refractivity contribution in [2.45, 2.75) is 23.1 Å². The third kappa shape index (κ3) is 5.73. The number of pyridine rings is 1. The van der Waals surface area contributed by atoms with Crippen molar-refractivity contribution in [3.63, 3.8) is 0 Å². The maximum absolute atomic E-state index is 13.6. The van der Waals surface area contributed by atoms with Crippen molar-refractivity contribution in [2.75, 3.05) is 12.8 Å². The van der Waals surface area contributed by atoms with Gasteiger partial charge in [-0.25, -0.2) is 13.9 Å². The Bertz CT molecular complexity index is 1680. The second-order valence-corrected chi connectivity index (χ2v) is 10.5. The van der Waals surface area contributed by atoms with Gasteiger partial charge in [0.1, 0.15) is 11.4 Å². The van der Waals surface area contributed by atoms with E-state index in [0.717, 1.165) is 5.56 Å². The van der Waals surface area contributed by atoms with Crippen molar-refractivity contribution in [1.82, 2.24) is 10.5 Å². The number of nitrogen functional groups attached to an aromatic ring is 1. The lowest BCUT2D eigenvalue weighted by atomic mass is 9.94. The fourth-order valence-corrected chi connectivity index (χ4v) is 6.03. The quantitative estimate of drug-likeness (QED) is 0.116. The topological polar surface area (TPSA) is 175 Å². The van der Waals surface area contributed by atoms with Gasteiger partial charge in [0.15, 0.2) is 0 Å². The monoisotopic (exact) mass is 584 g/mol. The summed E-state index contributed by atoms with van der Waals surface area (Å²) >= 11 is 0. The number of carbonyl (C=O) groups excluding carboxylic acids is 1. The summed E-state index contributed by atoms with van der Waals surface area (Å²) in [6.07, 6.45) is 3.40. The van der Waals surface area contributed by atoms with Gasteiger partial charge >= 0.3 is 0 Å². The number of anilines is 1. The standard InChI is InChI=1S/C27H24N4O7S.ClH/c1-16-12-19(22-10-5-18(25(24(22)28)31(34)35)13-17-4-3-11-29-15-17)14-23(27(32)30-33)26(16)39(36,37)21-8-6-20(38-2)7-9-21;/h3-12,14-15,33H,13,28H2,1-2H3,(H,30,32);1H. The number of aryl methyl sites for hydroxylation is 1. The summed E-state index contributed by atoms with van der Waals surface area (Å²) in [5, 5.41) is 21.4. The average molecular weight is 585 g/mol. The Hall–Kier alpha value is -4.52. The molecule has 3 aromatic carbocycles. The average Bonchev–Trinajstić information content (AvgIpc) is 2.92. The summed E-state index contributed by atoms with van der Waals surface area (Å²) in [5.74, 6) is -0.633. The Morgan fingerprint density at radius 3 is 2.42 bits per heavy atom. The molecule has 11 nitrogen and oxygen atoms in total. The fraction of sp³-hybridized carbons (Fsp3) is 0.111. The molecule has 0 aliphatic rings. The molecule has 0 aliphatic carbocycles. The first-order valence-corrected chi connectivity index (χ1v) is 13.0. The number of benzene rings is 3. The van der Waals surface area contributed by atoms with Gasteiger partial charge in [-0.2, -0.15) is 0 Å². The van der Waals surface area contributed by atoms with E-state index in [1.807, 2.05) is 0 Å². The number of amides is 1. The normalized spacial score (nSPS) is 10.9. The van der Waals surface area contributed by atoms with Gasteiger partial charge in [0, 0.05) is 29.9 Å². The molecule has 1 aromatic heterocycles. The van der Waals surface area contributed by atoms with Crippen LogP contribution in [-0.2, 0) is 16.3 Å². The predicted octanol–water partition coefficient (Wildman–Crippen LogP) is 4.52. The van der Waals surface area contributed by atoms with Crippen LogP contribution in [0.3, 0.4) is 0 Å². The Kier molecular flexibility index (Phi) is 9.10. The molecule has 4 aromatic rings. The smallest absolute Gasteiger partial charge is 0.296 e. The number of hydrogen-bond acceptors (Lipinski definition) is 9. The van der Waals surface area contributed by atoms with Crippen LogP contribution < -0.4 is 16.0 Å². The molecule has 0 aliphatic heterocycles. The zero-order valence-corrected chi connectivity index (χ0v) is 23.0. The third-order valence-electron chi connectivity index (χ3n) is 6.17. The van der Waals surface area contributed by atoms with Gasteiger partial charge in [0.2, 0.25) is 9.84 Å². The molecule has 40 heavy (non-hydrogen) atoms. The minimum Gasteiger partial charge on any atom is -0.497 e. The Morgan fingerprint density at radius 1 is 1.15 bits per heavy atom. The fourth-order valence-electron chi connectivity index (χ4n) is 4.37. The highest BCUT2D eigenvalue weighted by molar-refractivity contribution is 7.91. The first-order chi connectivity index (χ1) is 18.6. The highest BCUT2D eigenvalue weighted by Crippen LogP contribution is 2.39. The van der Waals surface area contributed by atoms with Crippen LogP contribution in [0.1, 0.15) is 27.0 Å². The molecule has 4 N–H and O–H groups in total. The molecule has 0 saturated carbocycles. The van der Waals surface area contributed by atoms with Crippen molar-refractivity contribution in [2.24, 2.45) is 0 Å². The predicted molar refractivity (Wildman–Crippen MR) is 150 cm³/mol. The number of hydroxylamine groups is 1. The molecule has 1 amide bonds. The number of sulfone groups is 1. The molecule has 208 valence electrons. The van der Waals surface area contributed by atoms with Crippen LogP contribution in [0.2, 0.25) is 0 Å². The number of nitrogens with one attached hydrogen (secondary N) is 1. The second kappa shape index (κ2) is 12.1. The zero-order chi connectivity index (χ0) is 28.3. The number of hydrogen-bond donors (Lipinski definition) is 3. The van der Waals surface area contributed by atoms with E-state index in [4.69, 9.17) is 10.5 Å². The highest BCUT2D eigenvalue weighted by atomic mass is 35.5. The molecule has 0 spiro atoms. The maximum Gasteiger partial charge on any atom is 0.296 e. The molecule has 4 rings (SSSR count). The number of nitrogens with two attached hydrogens (primary N) is 1. The maximum atomic E-state index is 13.6. The van der Waals surface area contributed by atoms with Gasteiger partial charge in [-0.1, -0.05) is 18.2 Å². The number of ether oxygens (including phenoxy) is 1. The minimum atomic E-state index is -4.23. The Labute approximate surface area is 236 Å². The van der Waals surface area contributed by atoms with Crippen LogP contribution in [0.25, 0.3) is 11.1 Å². The largest absolute Gasteiger partial charge is 0.497 e. The molecule has 13 heteroatoms. The van der Waals surface area contributed by atoms with E-state index >= 15 is 0 Å². The first kappa shape index (κ1) is 30.0. The van der Waals surface area contributed by atoms with E-state index in [1.54, 1.807) is 36.7 Å². The summed E-state index contributed by atoms with van der Waals surface area (Å²) < 4.78 is 32.2. The summed E-state index contributed by atoms with van der Waals surface area (Å²) in [7, 11) is -2.78. The van der Waals surface area contributed by atoms with E-state index in [1.165, 1.54) is 55.9 Å². The van der Waals surface area contributed by atoms with E-state index in [2.05, 4.69) is 4.98 Å². The summed E-state index contributed by atoms with van der Waals surface area (Å²) in [5.41, 5.74) is 8.71. The number of nitrogens with zero attached hydrogens (tertiary/aromatic N) is 2. The van der Waals surface area contributed by atoms with Crippen LogP contribution in [0, 0.1) is 17.0 Å².